The number of nitrogens with one attached hydrogen (secondary N) is 2. The molecular weight excluding hydrogens is 286 g/mol. The Hall–Kier alpha value is -1.28. The Labute approximate surface area is 120 Å². The van der Waals surface area contributed by atoms with Gasteiger partial charge in [-0.15, -0.1) is 11.3 Å². The first-order valence-electron chi connectivity index (χ1n) is 5.70. The molecule has 0 bridgehead atoms. The van der Waals surface area contributed by atoms with Gasteiger partial charge >= 0.3 is 12.0 Å². The maximum atomic E-state index is 11.6. The second kappa shape index (κ2) is 8.00. The van der Waals surface area contributed by atoms with Crippen LogP contribution in [0.15, 0.2) is 5.38 Å². The molecule has 1 rings (SSSR count). The number of amides is 2. The summed E-state index contributed by atoms with van der Waals surface area (Å²) in [6, 6.07) is -1.34. The third-order valence-corrected chi connectivity index (χ3v) is 3.78. The summed E-state index contributed by atoms with van der Waals surface area (Å²) >= 11 is 3.05. The maximum Gasteiger partial charge on any atom is 0.326 e. The monoisotopic (exact) mass is 303 g/mol. The molecule has 0 unspecified atom stereocenters. The van der Waals surface area contributed by atoms with Crippen molar-refractivity contribution in [3.05, 3.63) is 16.1 Å². The van der Waals surface area contributed by atoms with Gasteiger partial charge in [0, 0.05) is 5.38 Å². The Morgan fingerprint density at radius 1 is 1.58 bits per heavy atom. The standard InChI is InChI=1S/C11H17N3O3S2/c1-7-13-8(6-19-7)5-12-11(17)14-9(10(15)16)3-4-18-2/h6,9H,3-5H2,1-2H3,(H,15,16)(H2,12,14,17)/t9-/m1/s1. The van der Waals surface area contributed by atoms with Crippen LogP contribution < -0.4 is 10.6 Å². The van der Waals surface area contributed by atoms with Crippen LogP contribution in [0.25, 0.3) is 0 Å². The van der Waals surface area contributed by atoms with Crippen molar-refractivity contribution in [2.45, 2.75) is 25.9 Å². The van der Waals surface area contributed by atoms with Crippen LogP contribution in [0.2, 0.25) is 0 Å². The molecule has 19 heavy (non-hydrogen) atoms. The first-order chi connectivity index (χ1) is 9.02. The maximum absolute atomic E-state index is 11.6. The number of rotatable bonds is 7. The van der Waals surface area contributed by atoms with Gasteiger partial charge in [-0.2, -0.15) is 11.8 Å². The summed E-state index contributed by atoms with van der Waals surface area (Å²) in [5.41, 5.74) is 0.772. The summed E-state index contributed by atoms with van der Waals surface area (Å²) in [6.07, 6.45) is 2.29. The van der Waals surface area contributed by atoms with Crippen molar-refractivity contribution in [1.82, 2.24) is 15.6 Å². The zero-order chi connectivity index (χ0) is 14.3. The van der Waals surface area contributed by atoms with Crippen LogP contribution in [0.3, 0.4) is 0 Å². The number of aromatic nitrogens is 1. The van der Waals surface area contributed by atoms with Crippen LogP contribution >= 0.6 is 23.1 Å². The predicted octanol–water partition coefficient (Wildman–Crippen LogP) is 1.46. The van der Waals surface area contributed by atoms with Gasteiger partial charge in [-0.25, -0.2) is 14.6 Å². The lowest BCUT2D eigenvalue weighted by molar-refractivity contribution is -0.139. The van der Waals surface area contributed by atoms with Crippen LogP contribution in [0.4, 0.5) is 4.79 Å². The highest BCUT2D eigenvalue weighted by Crippen LogP contribution is 2.07. The first-order valence-corrected chi connectivity index (χ1v) is 7.97. The first kappa shape index (κ1) is 15.8. The van der Waals surface area contributed by atoms with E-state index in [1.54, 1.807) is 11.8 Å². The molecule has 0 fully saturated rings. The fourth-order valence-electron chi connectivity index (χ4n) is 1.36. The lowest BCUT2D eigenvalue weighted by Gasteiger charge is -2.14. The summed E-state index contributed by atoms with van der Waals surface area (Å²) < 4.78 is 0. The number of nitrogens with zero attached hydrogens (tertiary/aromatic N) is 1. The zero-order valence-electron chi connectivity index (χ0n) is 10.8. The molecule has 2 amide bonds. The Bertz CT molecular complexity index is 437. The van der Waals surface area contributed by atoms with Gasteiger partial charge in [0.2, 0.25) is 0 Å². The number of hydrogen-bond acceptors (Lipinski definition) is 5. The molecular formula is C11H17N3O3S2. The number of thioether (sulfide) groups is 1. The van der Waals surface area contributed by atoms with Gasteiger partial charge in [-0.3, -0.25) is 0 Å². The van der Waals surface area contributed by atoms with E-state index in [4.69, 9.17) is 5.11 Å². The molecule has 0 aliphatic rings. The van der Waals surface area contributed by atoms with Crippen LogP contribution in [-0.4, -0.2) is 40.1 Å². The highest BCUT2D eigenvalue weighted by molar-refractivity contribution is 7.98. The largest absolute Gasteiger partial charge is 0.480 e. The average Bonchev–Trinajstić information content (AvgIpc) is 2.77. The number of thiazole rings is 1. The summed E-state index contributed by atoms with van der Waals surface area (Å²) in [5, 5.41) is 16.8. The number of carbonyl (C=O) groups excluding carboxylic acids is 1. The van der Waals surface area contributed by atoms with Gasteiger partial charge < -0.3 is 15.7 Å². The van der Waals surface area contributed by atoms with E-state index in [0.29, 0.717) is 18.7 Å². The van der Waals surface area contributed by atoms with Crippen LogP contribution in [0.5, 0.6) is 0 Å². The number of aliphatic carboxylic acids is 1. The van der Waals surface area contributed by atoms with Gasteiger partial charge in [0.25, 0.3) is 0 Å². The van der Waals surface area contributed by atoms with Crippen LogP contribution in [0.1, 0.15) is 17.1 Å². The van der Waals surface area contributed by atoms with E-state index in [-0.39, 0.29) is 0 Å². The Morgan fingerprint density at radius 3 is 2.84 bits per heavy atom. The highest BCUT2D eigenvalue weighted by atomic mass is 32.2. The Morgan fingerprint density at radius 2 is 2.32 bits per heavy atom. The fraction of sp³-hybridized carbons (Fsp3) is 0.545. The Kier molecular flexibility index (Phi) is 6.65. The quantitative estimate of drug-likeness (QED) is 0.709. The number of hydrogen-bond donors (Lipinski definition) is 3. The van der Waals surface area contributed by atoms with Gasteiger partial charge in [-0.05, 0) is 25.4 Å². The minimum absolute atomic E-state index is 0.297. The Balaban J connectivity index is 2.37. The zero-order valence-corrected chi connectivity index (χ0v) is 12.4. The average molecular weight is 303 g/mol. The molecule has 1 atom stereocenters. The van der Waals surface area contributed by atoms with E-state index in [9.17, 15) is 9.59 Å². The number of urea groups is 1. The van der Waals surface area contributed by atoms with Gasteiger partial charge in [0.15, 0.2) is 0 Å². The number of carbonyl (C=O) groups is 2. The van der Waals surface area contributed by atoms with Crippen molar-refractivity contribution in [1.29, 1.82) is 0 Å². The lowest BCUT2D eigenvalue weighted by Crippen LogP contribution is -2.46. The molecule has 1 aromatic rings. The summed E-state index contributed by atoms with van der Waals surface area (Å²) in [6.45, 7) is 2.18. The smallest absolute Gasteiger partial charge is 0.326 e. The van der Waals surface area contributed by atoms with Crippen molar-refractivity contribution in [2.75, 3.05) is 12.0 Å². The van der Waals surface area contributed by atoms with Crippen molar-refractivity contribution in [3.63, 3.8) is 0 Å². The van der Waals surface area contributed by atoms with E-state index < -0.39 is 18.0 Å². The molecule has 0 aliphatic carbocycles. The van der Waals surface area contributed by atoms with Crippen molar-refractivity contribution in [2.24, 2.45) is 0 Å². The second-order valence-corrected chi connectivity index (χ2v) is 5.90. The number of aryl methyl sites for hydroxylation is 1. The minimum Gasteiger partial charge on any atom is -0.480 e. The van der Waals surface area contributed by atoms with Gasteiger partial charge in [0.1, 0.15) is 6.04 Å². The fourth-order valence-corrected chi connectivity index (χ4v) is 2.45. The van der Waals surface area contributed by atoms with Crippen molar-refractivity contribution in [3.8, 4) is 0 Å². The predicted molar refractivity (Wildman–Crippen MR) is 76.6 cm³/mol. The molecule has 106 valence electrons. The van der Waals surface area contributed by atoms with E-state index in [1.807, 2.05) is 18.6 Å². The van der Waals surface area contributed by atoms with E-state index in [1.165, 1.54) is 11.3 Å². The molecule has 1 heterocycles. The van der Waals surface area contributed by atoms with Crippen LogP contribution in [0, 0.1) is 6.92 Å². The normalized spacial score (nSPS) is 11.9. The highest BCUT2D eigenvalue weighted by Gasteiger charge is 2.19. The SMILES string of the molecule is CSCC[C@@H](NC(=O)NCc1csc(C)n1)C(=O)O. The third-order valence-electron chi connectivity index (χ3n) is 2.31. The third kappa shape index (κ3) is 5.93. The molecule has 3 N–H and O–H groups in total. The summed E-state index contributed by atoms with van der Waals surface area (Å²) in [5.74, 6) is -0.337. The number of carboxylic acid groups (broad SMARTS) is 1. The van der Waals surface area contributed by atoms with Crippen molar-refractivity contribution < 1.29 is 14.7 Å². The molecule has 0 radical (unpaired) electrons. The minimum atomic E-state index is -1.02. The van der Waals surface area contributed by atoms with E-state index in [0.717, 1.165) is 10.7 Å². The van der Waals surface area contributed by atoms with Gasteiger partial charge in [0.05, 0.1) is 17.2 Å². The second-order valence-electron chi connectivity index (χ2n) is 3.86. The molecule has 0 saturated carbocycles. The molecule has 1 aromatic heterocycles. The van der Waals surface area contributed by atoms with Gasteiger partial charge in [-0.1, -0.05) is 0 Å². The van der Waals surface area contributed by atoms with Crippen LogP contribution in [-0.2, 0) is 11.3 Å². The molecule has 0 saturated heterocycles. The topological polar surface area (TPSA) is 91.3 Å². The lowest BCUT2D eigenvalue weighted by atomic mass is 10.2. The molecule has 0 spiro atoms. The summed E-state index contributed by atoms with van der Waals surface area (Å²) in [7, 11) is 0. The molecule has 0 aromatic carbocycles. The van der Waals surface area contributed by atoms with E-state index >= 15 is 0 Å². The molecule has 8 heteroatoms. The molecule has 6 nitrogen and oxygen atoms in total. The number of carboxylic acids is 1. The summed E-state index contributed by atoms with van der Waals surface area (Å²) in [4.78, 5) is 26.7. The van der Waals surface area contributed by atoms with E-state index in [2.05, 4.69) is 15.6 Å². The van der Waals surface area contributed by atoms with Crippen molar-refractivity contribution >= 4 is 35.1 Å². The molecule has 0 aliphatic heterocycles.